The Morgan fingerprint density at radius 3 is 1.95 bits per heavy atom. The van der Waals surface area contributed by atoms with Crippen LogP contribution in [-0.2, 0) is 6.42 Å². The average Bonchev–Trinajstić information content (AvgIpc) is 3.99. The molecule has 0 fully saturated rings. The molecule has 3 aromatic heterocycles. The maximum Gasteiger partial charge on any atom is 0.0719 e. The van der Waals surface area contributed by atoms with Crippen LogP contribution in [0.2, 0.25) is 0 Å². The molecule has 6 aromatic carbocycles. The first kappa shape index (κ1) is 43.2. The lowest BCUT2D eigenvalue weighted by atomic mass is 10.0. The number of thiophene rings is 1. The first-order valence-corrected chi connectivity index (χ1v) is 22.7. The molecule has 1 N–H and O–H groups in total. The van der Waals surface area contributed by atoms with E-state index in [1.165, 1.54) is 69.7 Å². The number of nitrogens with zero attached hydrogens (tertiary/aromatic N) is 2. The monoisotopic (exact) mass is 805 g/mol. The summed E-state index contributed by atoms with van der Waals surface area (Å²) in [6.07, 6.45) is 15.5. The lowest BCUT2D eigenvalue weighted by Gasteiger charge is -2.14. The summed E-state index contributed by atoms with van der Waals surface area (Å²) in [7, 11) is 0. The zero-order chi connectivity index (χ0) is 42.4. The van der Waals surface area contributed by atoms with Crippen molar-refractivity contribution in [1.29, 1.82) is 0 Å². The van der Waals surface area contributed by atoms with E-state index in [0.717, 1.165) is 29.6 Å². The molecule has 0 aliphatic heterocycles. The molecule has 3 heterocycles. The van der Waals surface area contributed by atoms with E-state index in [9.17, 15) is 0 Å². The van der Waals surface area contributed by atoms with Crippen molar-refractivity contribution in [2.45, 2.75) is 68.2 Å². The molecule has 1 aliphatic carbocycles. The zero-order valence-electron chi connectivity index (χ0n) is 36.5. The van der Waals surface area contributed by atoms with Crippen LogP contribution in [0.1, 0.15) is 78.6 Å². The third-order valence-corrected chi connectivity index (χ3v) is 11.4. The van der Waals surface area contributed by atoms with E-state index in [0.29, 0.717) is 0 Å². The lowest BCUT2D eigenvalue weighted by molar-refractivity contribution is 0.888. The maximum absolute atomic E-state index is 3.46. The minimum Gasteiger partial charge on any atom is -0.362 e. The third kappa shape index (κ3) is 8.52. The summed E-state index contributed by atoms with van der Waals surface area (Å²) in [6, 6.07) is 52.4. The van der Waals surface area contributed by atoms with Gasteiger partial charge in [-0.3, -0.25) is 0 Å². The van der Waals surface area contributed by atoms with Gasteiger partial charge in [0.15, 0.2) is 0 Å². The summed E-state index contributed by atoms with van der Waals surface area (Å²) in [6.45, 7) is 16.0. The molecule has 304 valence electrons. The summed E-state index contributed by atoms with van der Waals surface area (Å²) in [5.74, 6) is 0. The van der Waals surface area contributed by atoms with Crippen LogP contribution in [0.5, 0.6) is 0 Å². The highest BCUT2D eigenvalue weighted by Crippen LogP contribution is 2.39. The van der Waals surface area contributed by atoms with Gasteiger partial charge in [-0.05, 0) is 79.1 Å². The molecule has 0 radical (unpaired) electrons. The normalized spacial score (nSPS) is 12.3. The van der Waals surface area contributed by atoms with Crippen LogP contribution < -0.4 is 15.9 Å². The molecule has 0 unspecified atom stereocenters. The highest BCUT2D eigenvalue weighted by Gasteiger charge is 2.21. The number of nitrogens with one attached hydrogen (secondary N) is 1. The molecular weight excluding hydrogens is 747 g/mol. The van der Waals surface area contributed by atoms with Gasteiger partial charge >= 0.3 is 0 Å². The van der Waals surface area contributed by atoms with E-state index in [2.05, 4.69) is 184 Å². The van der Waals surface area contributed by atoms with E-state index in [1.807, 2.05) is 79.0 Å². The van der Waals surface area contributed by atoms with Gasteiger partial charge < -0.3 is 14.5 Å². The summed E-state index contributed by atoms with van der Waals surface area (Å²) in [5.41, 5.74) is 9.75. The molecule has 0 amide bonds. The second kappa shape index (κ2) is 21.1. The second-order valence-corrected chi connectivity index (χ2v) is 14.4. The van der Waals surface area contributed by atoms with Crippen molar-refractivity contribution in [2.24, 2.45) is 0 Å². The van der Waals surface area contributed by atoms with Crippen LogP contribution in [0.25, 0.3) is 71.6 Å². The quantitative estimate of drug-likeness (QED) is 0.178. The van der Waals surface area contributed by atoms with Crippen molar-refractivity contribution in [1.82, 2.24) is 9.13 Å². The van der Waals surface area contributed by atoms with Crippen LogP contribution in [0.3, 0.4) is 0 Å². The predicted octanol–water partition coefficient (Wildman–Crippen LogP) is 15.2. The minimum atomic E-state index is 1.02. The molecule has 60 heavy (non-hydrogen) atoms. The largest absolute Gasteiger partial charge is 0.362 e. The number of allylic oxidation sites excluding steroid dienone is 2. The number of anilines is 1. The maximum atomic E-state index is 3.46. The SMILES string of the molecule is C1=Cc2c(n(-c3ccccc3)c3cc(-n4c(=C/C=C/Nc5ccccc5)/c(=C\c5ccccc5)c5ccc6c7ccccc7sc6c54)ccc23)CC1.CC.CC.CC.CC. The van der Waals surface area contributed by atoms with Crippen LogP contribution in [-0.4, -0.2) is 9.13 Å². The molecule has 4 heteroatoms. The van der Waals surface area contributed by atoms with Crippen LogP contribution in [0, 0.1) is 0 Å². The van der Waals surface area contributed by atoms with Gasteiger partial charge in [0.25, 0.3) is 0 Å². The van der Waals surface area contributed by atoms with Gasteiger partial charge in [-0.15, -0.1) is 11.3 Å². The van der Waals surface area contributed by atoms with Gasteiger partial charge in [0, 0.05) is 66.0 Å². The summed E-state index contributed by atoms with van der Waals surface area (Å²) < 4.78 is 7.60. The molecule has 0 bridgehead atoms. The molecule has 10 rings (SSSR count). The molecule has 0 saturated heterocycles. The van der Waals surface area contributed by atoms with E-state index in [1.54, 1.807) is 0 Å². The van der Waals surface area contributed by atoms with Crippen molar-refractivity contribution >= 4 is 77.2 Å². The first-order valence-electron chi connectivity index (χ1n) is 21.9. The van der Waals surface area contributed by atoms with E-state index in [4.69, 9.17) is 0 Å². The Labute approximate surface area is 361 Å². The predicted molar refractivity (Wildman–Crippen MR) is 269 cm³/mol. The smallest absolute Gasteiger partial charge is 0.0719 e. The Kier molecular flexibility index (Phi) is 15.2. The fraction of sp³-hybridized carbons (Fsp3) is 0.179. The Morgan fingerprint density at radius 2 is 1.22 bits per heavy atom. The molecular formula is C56H59N3S. The number of benzene rings is 6. The number of rotatable bonds is 6. The number of aromatic nitrogens is 2. The van der Waals surface area contributed by atoms with Crippen molar-refractivity contribution in [3.05, 3.63) is 191 Å². The highest BCUT2D eigenvalue weighted by atomic mass is 32.1. The van der Waals surface area contributed by atoms with E-state index >= 15 is 0 Å². The Morgan fingerprint density at radius 1 is 0.583 bits per heavy atom. The van der Waals surface area contributed by atoms with Crippen molar-refractivity contribution in [3.8, 4) is 11.4 Å². The van der Waals surface area contributed by atoms with Gasteiger partial charge in [0.1, 0.15) is 0 Å². The van der Waals surface area contributed by atoms with Gasteiger partial charge in [-0.25, -0.2) is 0 Å². The summed E-state index contributed by atoms with van der Waals surface area (Å²) in [5, 5.41) is 10.9. The number of hydrogen-bond donors (Lipinski definition) is 1. The molecule has 1 aliphatic rings. The minimum absolute atomic E-state index is 1.02. The molecule has 3 nitrogen and oxygen atoms in total. The van der Waals surface area contributed by atoms with Gasteiger partial charge in [0.05, 0.1) is 21.1 Å². The number of para-hydroxylation sites is 2. The Hall–Kier alpha value is -6.36. The van der Waals surface area contributed by atoms with E-state index in [-0.39, 0.29) is 0 Å². The third-order valence-electron chi connectivity index (χ3n) is 10.2. The first-order chi connectivity index (χ1) is 29.8. The Bertz CT molecular complexity index is 2960. The van der Waals surface area contributed by atoms with Crippen molar-refractivity contribution in [2.75, 3.05) is 5.32 Å². The summed E-state index contributed by atoms with van der Waals surface area (Å²) >= 11 is 1.89. The van der Waals surface area contributed by atoms with Crippen LogP contribution in [0.15, 0.2) is 164 Å². The Balaban J connectivity index is 0.000000714. The highest BCUT2D eigenvalue weighted by molar-refractivity contribution is 7.26. The van der Waals surface area contributed by atoms with E-state index < -0.39 is 0 Å². The van der Waals surface area contributed by atoms with Gasteiger partial charge in [-0.1, -0.05) is 171 Å². The molecule has 9 aromatic rings. The fourth-order valence-electron chi connectivity index (χ4n) is 7.93. The van der Waals surface area contributed by atoms with Crippen molar-refractivity contribution in [3.63, 3.8) is 0 Å². The lowest BCUT2D eigenvalue weighted by Crippen LogP contribution is -2.28. The van der Waals surface area contributed by atoms with Gasteiger partial charge in [-0.2, -0.15) is 0 Å². The number of hydrogen-bond acceptors (Lipinski definition) is 2. The number of fused-ring (bicyclic) bond motifs is 8. The van der Waals surface area contributed by atoms with Gasteiger partial charge in [0.2, 0.25) is 0 Å². The standard InChI is InChI=1S/C48H35N3S.4C2H6/c1-4-15-33(16-5-1)31-42-40-28-29-41-39-22-11-13-25-46(39)52-48(41)47(40)51(44(42)24-14-30-49-34-17-6-2-7-18-34)36-26-27-38-37-21-10-12-23-43(37)50(45(38)32-36)35-19-8-3-9-20-35;4*1-2/h1-11,13-22,24-32,49H,12,23H2;4*1-2H3/b30-14+,42-31-,44-24+;;;;. The van der Waals surface area contributed by atoms with Crippen LogP contribution in [0.4, 0.5) is 5.69 Å². The molecule has 0 atom stereocenters. The molecule has 0 spiro atoms. The van der Waals surface area contributed by atoms with Crippen molar-refractivity contribution < 1.29 is 0 Å². The zero-order valence-corrected chi connectivity index (χ0v) is 37.4. The fourth-order valence-corrected chi connectivity index (χ4v) is 9.17. The summed E-state index contributed by atoms with van der Waals surface area (Å²) in [4.78, 5) is 0. The topological polar surface area (TPSA) is 21.9 Å². The molecule has 0 saturated carbocycles. The van der Waals surface area contributed by atoms with Crippen LogP contribution >= 0.6 is 11.3 Å². The average molecular weight is 806 g/mol. The second-order valence-electron chi connectivity index (χ2n) is 13.3.